The fourth-order valence-corrected chi connectivity index (χ4v) is 2.96. The molecule has 0 aliphatic heterocycles. The molecule has 3 rings (SSSR count). The van der Waals surface area contributed by atoms with Crippen molar-refractivity contribution in [1.82, 2.24) is 9.78 Å². The summed E-state index contributed by atoms with van der Waals surface area (Å²) in [5.74, 6) is 0. The van der Waals surface area contributed by atoms with Gasteiger partial charge in [0.1, 0.15) is 0 Å². The van der Waals surface area contributed by atoms with Gasteiger partial charge in [-0.2, -0.15) is 0 Å². The average molecular weight is 431 g/mol. The lowest BCUT2D eigenvalue weighted by Crippen LogP contribution is -2.18. The SMILES string of the molecule is Cc1ccc(-n2[nH]c(C)c(C=Nc3ccc(I)cc3)c2=O)c(C)c1. The summed E-state index contributed by atoms with van der Waals surface area (Å²) in [6.45, 7) is 5.93. The molecule has 0 aliphatic rings. The van der Waals surface area contributed by atoms with Gasteiger partial charge in [0.05, 0.1) is 16.9 Å². The van der Waals surface area contributed by atoms with Crippen molar-refractivity contribution in [2.75, 3.05) is 0 Å². The summed E-state index contributed by atoms with van der Waals surface area (Å²) in [6.07, 6.45) is 1.64. The van der Waals surface area contributed by atoms with Gasteiger partial charge in [-0.15, -0.1) is 0 Å². The van der Waals surface area contributed by atoms with Crippen LogP contribution in [0.3, 0.4) is 0 Å². The Balaban J connectivity index is 2.00. The molecule has 0 bridgehead atoms. The van der Waals surface area contributed by atoms with Crippen LogP contribution < -0.4 is 5.56 Å². The second-order valence-corrected chi connectivity index (χ2v) is 7.06. The van der Waals surface area contributed by atoms with E-state index in [2.05, 4.69) is 38.7 Å². The van der Waals surface area contributed by atoms with Gasteiger partial charge in [0.2, 0.25) is 0 Å². The average Bonchev–Trinajstić information content (AvgIpc) is 2.82. The minimum absolute atomic E-state index is 0.0892. The van der Waals surface area contributed by atoms with Gasteiger partial charge >= 0.3 is 0 Å². The number of halogens is 1. The van der Waals surface area contributed by atoms with Crippen LogP contribution in [0, 0.1) is 24.3 Å². The van der Waals surface area contributed by atoms with Crippen molar-refractivity contribution >= 4 is 34.5 Å². The molecule has 2 aromatic carbocycles. The lowest BCUT2D eigenvalue weighted by molar-refractivity contribution is 0.828. The molecule has 0 saturated carbocycles. The largest absolute Gasteiger partial charge is 0.295 e. The van der Waals surface area contributed by atoms with E-state index in [1.54, 1.807) is 10.9 Å². The van der Waals surface area contributed by atoms with Crippen molar-refractivity contribution in [3.05, 3.63) is 78.8 Å². The summed E-state index contributed by atoms with van der Waals surface area (Å²) in [5, 5.41) is 3.15. The first-order valence-corrected chi connectivity index (χ1v) is 8.72. The summed E-state index contributed by atoms with van der Waals surface area (Å²) < 4.78 is 2.74. The number of benzene rings is 2. The highest BCUT2D eigenvalue weighted by Gasteiger charge is 2.12. The highest BCUT2D eigenvalue weighted by Crippen LogP contribution is 2.16. The van der Waals surface area contributed by atoms with Gasteiger partial charge in [0, 0.05) is 15.5 Å². The molecule has 1 heterocycles. The molecule has 0 aliphatic carbocycles. The molecule has 0 amide bonds. The highest BCUT2D eigenvalue weighted by molar-refractivity contribution is 14.1. The molecule has 0 atom stereocenters. The van der Waals surface area contributed by atoms with Crippen LogP contribution in [-0.4, -0.2) is 16.0 Å². The summed E-state index contributed by atoms with van der Waals surface area (Å²) in [6, 6.07) is 13.9. The molecule has 0 saturated heterocycles. The maximum atomic E-state index is 12.7. The maximum absolute atomic E-state index is 12.7. The van der Waals surface area contributed by atoms with Crippen molar-refractivity contribution in [3.63, 3.8) is 0 Å². The van der Waals surface area contributed by atoms with E-state index >= 15 is 0 Å². The van der Waals surface area contributed by atoms with E-state index in [4.69, 9.17) is 0 Å². The molecule has 122 valence electrons. The van der Waals surface area contributed by atoms with Crippen molar-refractivity contribution < 1.29 is 0 Å². The predicted octanol–water partition coefficient (Wildman–Crippen LogP) is 4.45. The first kappa shape index (κ1) is 16.7. The number of aromatic amines is 1. The number of aromatic nitrogens is 2. The van der Waals surface area contributed by atoms with Gasteiger partial charge in [-0.3, -0.25) is 14.9 Å². The van der Waals surface area contributed by atoms with Gasteiger partial charge in [-0.25, -0.2) is 4.68 Å². The van der Waals surface area contributed by atoms with E-state index in [9.17, 15) is 4.79 Å². The Bertz CT molecular complexity index is 965. The van der Waals surface area contributed by atoms with Crippen LogP contribution in [0.2, 0.25) is 0 Å². The molecule has 24 heavy (non-hydrogen) atoms. The van der Waals surface area contributed by atoms with Gasteiger partial charge in [-0.05, 0) is 79.3 Å². The zero-order chi connectivity index (χ0) is 17.3. The molecule has 1 aromatic heterocycles. The number of aliphatic imine (C=N–C) groups is 1. The number of rotatable bonds is 3. The summed E-state index contributed by atoms with van der Waals surface area (Å²) in [5.41, 5.74) is 5.21. The van der Waals surface area contributed by atoms with Gasteiger partial charge < -0.3 is 0 Å². The Morgan fingerprint density at radius 3 is 2.46 bits per heavy atom. The van der Waals surface area contributed by atoms with E-state index in [0.717, 1.165) is 26.2 Å². The number of nitrogens with zero attached hydrogens (tertiary/aromatic N) is 2. The molecule has 5 heteroatoms. The number of H-pyrrole nitrogens is 1. The fraction of sp³-hybridized carbons (Fsp3) is 0.158. The molecule has 0 unspecified atom stereocenters. The number of hydrogen-bond acceptors (Lipinski definition) is 2. The second kappa shape index (κ2) is 6.76. The van der Waals surface area contributed by atoms with Crippen LogP contribution in [0.25, 0.3) is 5.69 Å². The third-order valence-electron chi connectivity index (χ3n) is 3.88. The third-order valence-corrected chi connectivity index (χ3v) is 4.60. The van der Waals surface area contributed by atoms with Crippen LogP contribution in [-0.2, 0) is 0 Å². The predicted molar refractivity (Wildman–Crippen MR) is 107 cm³/mol. The standard InChI is InChI=1S/C19H18IN3O/c1-12-4-9-18(13(2)10-12)23-19(24)17(14(3)22-23)11-21-16-7-5-15(20)6-8-16/h4-11,22H,1-3H3. The summed E-state index contributed by atoms with van der Waals surface area (Å²) in [4.78, 5) is 17.2. The van der Waals surface area contributed by atoms with E-state index < -0.39 is 0 Å². The van der Waals surface area contributed by atoms with Crippen molar-refractivity contribution in [1.29, 1.82) is 0 Å². The van der Waals surface area contributed by atoms with E-state index in [1.165, 1.54) is 5.56 Å². The monoisotopic (exact) mass is 431 g/mol. The minimum Gasteiger partial charge on any atom is -0.295 e. The van der Waals surface area contributed by atoms with Crippen LogP contribution in [0.4, 0.5) is 5.69 Å². The van der Waals surface area contributed by atoms with Gasteiger partial charge in [-0.1, -0.05) is 17.7 Å². The van der Waals surface area contributed by atoms with Gasteiger partial charge in [0.15, 0.2) is 0 Å². The lowest BCUT2D eigenvalue weighted by Gasteiger charge is -2.06. The molecular formula is C19H18IN3O. The number of aryl methyl sites for hydroxylation is 3. The molecule has 4 nitrogen and oxygen atoms in total. The van der Waals surface area contributed by atoms with Crippen LogP contribution in [0.1, 0.15) is 22.4 Å². The molecule has 0 spiro atoms. The molecular weight excluding hydrogens is 413 g/mol. The second-order valence-electron chi connectivity index (χ2n) is 5.82. The minimum atomic E-state index is -0.0892. The fourth-order valence-electron chi connectivity index (χ4n) is 2.60. The lowest BCUT2D eigenvalue weighted by atomic mass is 10.1. The normalized spacial score (nSPS) is 11.3. The number of nitrogens with one attached hydrogen (secondary N) is 1. The highest BCUT2D eigenvalue weighted by atomic mass is 127. The molecule has 3 aromatic rings. The summed E-state index contributed by atoms with van der Waals surface area (Å²) in [7, 11) is 0. The van der Waals surface area contributed by atoms with Crippen molar-refractivity contribution in [3.8, 4) is 5.69 Å². The van der Waals surface area contributed by atoms with E-state index in [1.807, 2.05) is 57.2 Å². The molecule has 0 fully saturated rings. The van der Waals surface area contributed by atoms with Crippen LogP contribution in [0.15, 0.2) is 52.3 Å². The smallest absolute Gasteiger partial charge is 0.280 e. The molecule has 0 radical (unpaired) electrons. The Kier molecular flexibility index (Phi) is 4.71. The van der Waals surface area contributed by atoms with Crippen LogP contribution in [0.5, 0.6) is 0 Å². The first-order chi connectivity index (χ1) is 11.5. The quantitative estimate of drug-likeness (QED) is 0.484. The Labute approximate surface area is 154 Å². The Morgan fingerprint density at radius 1 is 1.08 bits per heavy atom. The third kappa shape index (κ3) is 3.36. The Morgan fingerprint density at radius 2 is 1.79 bits per heavy atom. The van der Waals surface area contributed by atoms with Crippen molar-refractivity contribution in [2.24, 2.45) is 4.99 Å². The number of hydrogen-bond donors (Lipinski definition) is 1. The van der Waals surface area contributed by atoms with Crippen molar-refractivity contribution in [2.45, 2.75) is 20.8 Å². The maximum Gasteiger partial charge on any atom is 0.280 e. The first-order valence-electron chi connectivity index (χ1n) is 7.64. The van der Waals surface area contributed by atoms with E-state index in [-0.39, 0.29) is 5.56 Å². The van der Waals surface area contributed by atoms with Crippen LogP contribution >= 0.6 is 22.6 Å². The zero-order valence-electron chi connectivity index (χ0n) is 13.8. The Hall–Kier alpha value is -2.15. The van der Waals surface area contributed by atoms with E-state index in [0.29, 0.717) is 5.56 Å². The topological polar surface area (TPSA) is 50.1 Å². The van der Waals surface area contributed by atoms with Gasteiger partial charge in [0.25, 0.3) is 5.56 Å². The summed E-state index contributed by atoms with van der Waals surface area (Å²) >= 11 is 2.25. The molecule has 1 N–H and O–H groups in total. The zero-order valence-corrected chi connectivity index (χ0v) is 16.0.